The number of thiazole rings is 2. The lowest BCUT2D eigenvalue weighted by Crippen LogP contribution is -2.34. The van der Waals surface area contributed by atoms with Gasteiger partial charge in [-0.3, -0.25) is 10.1 Å². The van der Waals surface area contributed by atoms with Crippen molar-refractivity contribution in [3.05, 3.63) is 39.8 Å². The maximum atomic E-state index is 12.4. The average Bonchev–Trinajstić information content (AvgIpc) is 3.18. The molecule has 2 aromatic heterocycles. The van der Waals surface area contributed by atoms with Crippen LogP contribution in [0.2, 0.25) is 0 Å². The molecule has 3 heterocycles. The summed E-state index contributed by atoms with van der Waals surface area (Å²) >= 11 is 2.81. The standard InChI is InChI=1S/C15H14N4O3S3/c1-25(21,22)19-5-4-11-13(7-19)24-15(17-11)18-14(20)9-2-3-10-12(6-9)23-8-16-10/h2-3,6,8H,4-5,7H2,1H3,(H,17,18,20). The molecule has 1 aliphatic rings. The van der Waals surface area contributed by atoms with Crippen LogP contribution in [0, 0.1) is 0 Å². The number of carbonyl (C=O) groups is 1. The summed E-state index contributed by atoms with van der Waals surface area (Å²) in [6, 6.07) is 5.36. The molecule has 0 fully saturated rings. The molecule has 25 heavy (non-hydrogen) atoms. The van der Waals surface area contributed by atoms with Crippen molar-refractivity contribution in [2.24, 2.45) is 0 Å². The summed E-state index contributed by atoms with van der Waals surface area (Å²) in [6.45, 7) is 0.736. The number of benzene rings is 1. The normalized spacial score (nSPS) is 15.2. The zero-order valence-electron chi connectivity index (χ0n) is 13.2. The van der Waals surface area contributed by atoms with E-state index in [9.17, 15) is 13.2 Å². The van der Waals surface area contributed by atoms with E-state index in [0.29, 0.717) is 30.2 Å². The topological polar surface area (TPSA) is 92.3 Å². The van der Waals surface area contributed by atoms with Crippen LogP contribution in [-0.2, 0) is 23.0 Å². The Morgan fingerprint density at radius 1 is 1.36 bits per heavy atom. The van der Waals surface area contributed by atoms with Gasteiger partial charge in [-0.15, -0.1) is 22.7 Å². The molecular formula is C15H14N4O3S3. The van der Waals surface area contributed by atoms with Crippen LogP contribution in [-0.4, -0.2) is 41.4 Å². The number of rotatable bonds is 3. The lowest BCUT2D eigenvalue weighted by Gasteiger charge is -2.23. The van der Waals surface area contributed by atoms with E-state index in [0.717, 1.165) is 20.8 Å². The molecule has 4 rings (SSSR count). The van der Waals surface area contributed by atoms with Crippen molar-refractivity contribution in [2.75, 3.05) is 18.1 Å². The Hall–Kier alpha value is -1.88. The third-order valence-corrected chi connectivity index (χ3v) is 7.02. The van der Waals surface area contributed by atoms with Gasteiger partial charge in [-0.2, -0.15) is 4.31 Å². The highest BCUT2D eigenvalue weighted by atomic mass is 32.2. The van der Waals surface area contributed by atoms with E-state index in [1.807, 2.05) is 6.07 Å². The van der Waals surface area contributed by atoms with Gasteiger partial charge in [0.1, 0.15) is 0 Å². The summed E-state index contributed by atoms with van der Waals surface area (Å²) in [5.74, 6) is -0.235. The number of carbonyl (C=O) groups excluding carboxylic acids is 1. The maximum absolute atomic E-state index is 12.4. The Morgan fingerprint density at radius 2 is 2.20 bits per heavy atom. The van der Waals surface area contributed by atoms with Crippen LogP contribution in [0.4, 0.5) is 5.13 Å². The third kappa shape index (κ3) is 3.30. The molecule has 0 spiro atoms. The minimum absolute atomic E-state index is 0.235. The van der Waals surface area contributed by atoms with E-state index in [4.69, 9.17) is 0 Å². The van der Waals surface area contributed by atoms with E-state index in [1.54, 1.807) is 17.6 Å². The van der Waals surface area contributed by atoms with Gasteiger partial charge in [0.05, 0.1) is 27.7 Å². The first-order valence-electron chi connectivity index (χ1n) is 7.48. The molecule has 1 amide bonds. The second-order valence-corrected chi connectivity index (χ2v) is 9.68. The third-order valence-electron chi connectivity index (χ3n) is 3.98. The predicted octanol–water partition coefficient (Wildman–Crippen LogP) is 2.32. The second-order valence-electron chi connectivity index (χ2n) is 5.72. The fourth-order valence-corrected chi connectivity index (χ4v) is 5.28. The number of amides is 1. The molecule has 0 radical (unpaired) electrons. The molecule has 0 saturated heterocycles. The van der Waals surface area contributed by atoms with Crippen LogP contribution >= 0.6 is 22.7 Å². The van der Waals surface area contributed by atoms with Crippen molar-refractivity contribution < 1.29 is 13.2 Å². The largest absolute Gasteiger partial charge is 0.298 e. The van der Waals surface area contributed by atoms with E-state index in [1.165, 1.54) is 33.2 Å². The molecule has 130 valence electrons. The van der Waals surface area contributed by atoms with E-state index in [-0.39, 0.29) is 5.91 Å². The highest BCUT2D eigenvalue weighted by molar-refractivity contribution is 7.88. The summed E-state index contributed by atoms with van der Waals surface area (Å²) < 4.78 is 25.8. The lowest BCUT2D eigenvalue weighted by molar-refractivity contribution is 0.102. The molecule has 0 unspecified atom stereocenters. The molecule has 3 aromatic rings. The van der Waals surface area contributed by atoms with Crippen LogP contribution in [0.25, 0.3) is 10.2 Å². The second kappa shape index (κ2) is 6.13. The summed E-state index contributed by atoms with van der Waals surface area (Å²) in [7, 11) is -3.22. The molecule has 0 atom stereocenters. The number of nitrogens with zero attached hydrogens (tertiary/aromatic N) is 3. The molecule has 1 N–H and O–H groups in total. The average molecular weight is 395 g/mol. The Bertz CT molecular complexity index is 1070. The first kappa shape index (κ1) is 16.6. The highest BCUT2D eigenvalue weighted by Crippen LogP contribution is 2.29. The summed E-state index contributed by atoms with van der Waals surface area (Å²) in [5, 5.41) is 3.31. The van der Waals surface area contributed by atoms with Crippen LogP contribution in [0.15, 0.2) is 23.7 Å². The zero-order valence-corrected chi connectivity index (χ0v) is 15.7. The number of nitrogens with one attached hydrogen (secondary N) is 1. The Morgan fingerprint density at radius 3 is 3.00 bits per heavy atom. The number of fused-ring (bicyclic) bond motifs is 2. The number of hydrogen-bond acceptors (Lipinski definition) is 7. The quantitative estimate of drug-likeness (QED) is 0.736. The maximum Gasteiger partial charge on any atom is 0.257 e. The molecular weight excluding hydrogens is 380 g/mol. The van der Waals surface area contributed by atoms with Gasteiger partial charge < -0.3 is 0 Å². The van der Waals surface area contributed by atoms with Crippen LogP contribution in [0.5, 0.6) is 0 Å². The minimum atomic E-state index is -3.22. The molecule has 1 aliphatic heterocycles. The minimum Gasteiger partial charge on any atom is -0.298 e. The Balaban J connectivity index is 1.54. The van der Waals surface area contributed by atoms with E-state index >= 15 is 0 Å². The lowest BCUT2D eigenvalue weighted by atomic mass is 10.2. The molecule has 0 aliphatic carbocycles. The van der Waals surface area contributed by atoms with E-state index in [2.05, 4.69) is 15.3 Å². The smallest absolute Gasteiger partial charge is 0.257 e. The van der Waals surface area contributed by atoms with Gasteiger partial charge in [-0.25, -0.2) is 18.4 Å². The van der Waals surface area contributed by atoms with Gasteiger partial charge in [0.15, 0.2) is 5.13 Å². The zero-order chi connectivity index (χ0) is 17.6. The number of anilines is 1. The van der Waals surface area contributed by atoms with Crippen LogP contribution in [0.1, 0.15) is 20.9 Å². The van der Waals surface area contributed by atoms with Gasteiger partial charge in [0, 0.05) is 30.0 Å². The highest BCUT2D eigenvalue weighted by Gasteiger charge is 2.26. The molecule has 7 nitrogen and oxygen atoms in total. The Labute approximate surface area is 152 Å². The molecule has 1 aromatic carbocycles. The molecule has 0 bridgehead atoms. The van der Waals surface area contributed by atoms with Gasteiger partial charge in [0.2, 0.25) is 10.0 Å². The van der Waals surface area contributed by atoms with Gasteiger partial charge in [-0.1, -0.05) is 0 Å². The van der Waals surface area contributed by atoms with Crippen LogP contribution in [0.3, 0.4) is 0 Å². The summed E-state index contributed by atoms with van der Waals surface area (Å²) in [5.41, 5.74) is 4.02. The number of sulfonamides is 1. The van der Waals surface area contributed by atoms with Crippen molar-refractivity contribution in [3.63, 3.8) is 0 Å². The van der Waals surface area contributed by atoms with Crippen molar-refractivity contribution in [3.8, 4) is 0 Å². The fraction of sp³-hybridized carbons (Fsp3) is 0.267. The van der Waals surface area contributed by atoms with Crippen molar-refractivity contribution in [2.45, 2.75) is 13.0 Å². The fourth-order valence-electron chi connectivity index (χ4n) is 2.67. The molecule has 10 heteroatoms. The Kier molecular flexibility index (Phi) is 4.07. The number of aromatic nitrogens is 2. The van der Waals surface area contributed by atoms with Crippen molar-refractivity contribution >= 4 is 54.0 Å². The van der Waals surface area contributed by atoms with E-state index < -0.39 is 10.0 Å². The van der Waals surface area contributed by atoms with Crippen LogP contribution < -0.4 is 5.32 Å². The SMILES string of the molecule is CS(=O)(=O)N1CCc2nc(NC(=O)c3ccc4ncsc4c3)sc2C1. The molecule has 0 saturated carbocycles. The summed E-state index contributed by atoms with van der Waals surface area (Å²) in [4.78, 5) is 22.0. The number of hydrogen-bond donors (Lipinski definition) is 1. The van der Waals surface area contributed by atoms with Crippen molar-refractivity contribution in [1.82, 2.24) is 14.3 Å². The van der Waals surface area contributed by atoms with Gasteiger partial charge in [0.25, 0.3) is 5.91 Å². The first-order valence-corrected chi connectivity index (χ1v) is 11.0. The van der Waals surface area contributed by atoms with Crippen molar-refractivity contribution in [1.29, 1.82) is 0 Å². The monoisotopic (exact) mass is 394 g/mol. The predicted molar refractivity (Wildman–Crippen MR) is 98.6 cm³/mol. The van der Waals surface area contributed by atoms with Gasteiger partial charge >= 0.3 is 0 Å². The summed E-state index contributed by atoms with van der Waals surface area (Å²) in [6.07, 6.45) is 1.76. The first-order chi connectivity index (χ1) is 11.9. The van der Waals surface area contributed by atoms with Gasteiger partial charge in [-0.05, 0) is 18.2 Å².